The molecule has 0 radical (unpaired) electrons. The van der Waals surface area contributed by atoms with Crippen LogP contribution in [0.1, 0.15) is 29.8 Å². The summed E-state index contributed by atoms with van der Waals surface area (Å²) < 4.78 is 0. The summed E-state index contributed by atoms with van der Waals surface area (Å²) in [5, 5.41) is 14.9. The molecule has 0 amide bonds. The molecule has 1 aromatic heterocycles. The Hall–Kier alpha value is -1.44. The number of thioether (sulfide) groups is 1. The zero-order chi connectivity index (χ0) is 13.7. The van der Waals surface area contributed by atoms with Gasteiger partial charge in [0, 0.05) is 9.77 Å². The van der Waals surface area contributed by atoms with Crippen molar-refractivity contribution in [2.45, 2.75) is 24.3 Å². The maximum atomic E-state index is 9.35. The van der Waals surface area contributed by atoms with Crippen LogP contribution in [0.2, 0.25) is 0 Å². The fourth-order valence-electron chi connectivity index (χ4n) is 1.99. The Morgan fingerprint density at radius 3 is 2.79 bits per heavy atom. The fourth-order valence-corrected chi connectivity index (χ4v) is 3.42. The number of nitrogens with zero attached hydrogens (tertiary/aromatic N) is 1. The van der Waals surface area contributed by atoms with Gasteiger partial charge in [0.15, 0.2) is 0 Å². The molecule has 2 aromatic rings. The normalized spacial score (nSPS) is 11.8. The number of anilines is 1. The van der Waals surface area contributed by atoms with Crippen molar-refractivity contribution < 1.29 is 0 Å². The second-order valence-corrected chi connectivity index (χ2v) is 5.94. The smallest absolute Gasteiger partial charge is 0.102 e. The van der Waals surface area contributed by atoms with E-state index in [2.05, 4.69) is 35.8 Å². The molecular weight excluding hydrogens is 272 g/mol. The van der Waals surface area contributed by atoms with Crippen molar-refractivity contribution in [3.63, 3.8) is 0 Å². The molecule has 1 unspecified atom stereocenters. The van der Waals surface area contributed by atoms with Gasteiger partial charge in [-0.2, -0.15) is 5.26 Å². The van der Waals surface area contributed by atoms with Gasteiger partial charge in [0.25, 0.3) is 0 Å². The van der Waals surface area contributed by atoms with Gasteiger partial charge in [0.05, 0.1) is 17.3 Å². The highest BCUT2D eigenvalue weighted by Crippen LogP contribution is 2.31. The lowest BCUT2D eigenvalue weighted by Gasteiger charge is -2.18. The summed E-state index contributed by atoms with van der Waals surface area (Å²) in [6, 6.07) is 12.7. The molecule has 0 aliphatic heterocycles. The highest BCUT2D eigenvalue weighted by atomic mass is 32.2. The molecule has 2 rings (SSSR count). The van der Waals surface area contributed by atoms with E-state index >= 15 is 0 Å². The standard InChI is InChI=1S/C15H16N2S2/c1-3-12(15-8-5-9-19-15)17-13-6-4-7-14(18-2)11(13)10-16/h4-9,12,17H,3H2,1-2H3. The Balaban J connectivity index is 2.30. The lowest BCUT2D eigenvalue weighted by Crippen LogP contribution is -2.09. The van der Waals surface area contributed by atoms with Crippen molar-refractivity contribution in [2.24, 2.45) is 0 Å². The van der Waals surface area contributed by atoms with Crippen LogP contribution in [0, 0.1) is 11.3 Å². The molecule has 0 spiro atoms. The number of thiophene rings is 1. The lowest BCUT2D eigenvalue weighted by atomic mass is 10.1. The molecule has 0 fully saturated rings. The lowest BCUT2D eigenvalue weighted by molar-refractivity contribution is 0.763. The number of nitrogens with one attached hydrogen (secondary N) is 1. The van der Waals surface area contributed by atoms with E-state index in [1.165, 1.54) is 4.88 Å². The van der Waals surface area contributed by atoms with E-state index in [1.54, 1.807) is 23.1 Å². The van der Waals surface area contributed by atoms with Crippen LogP contribution in [-0.2, 0) is 0 Å². The molecule has 98 valence electrons. The molecule has 0 aliphatic rings. The average Bonchev–Trinajstić information content (AvgIpc) is 2.98. The van der Waals surface area contributed by atoms with Gasteiger partial charge in [-0.05, 0) is 36.3 Å². The van der Waals surface area contributed by atoms with Crippen molar-refractivity contribution >= 4 is 28.8 Å². The van der Waals surface area contributed by atoms with Crippen LogP contribution in [0.3, 0.4) is 0 Å². The summed E-state index contributed by atoms with van der Waals surface area (Å²) in [4.78, 5) is 2.33. The zero-order valence-electron chi connectivity index (χ0n) is 11.0. The molecule has 0 saturated carbocycles. The minimum Gasteiger partial charge on any atom is -0.376 e. The Labute approximate surface area is 122 Å². The third-order valence-electron chi connectivity index (χ3n) is 2.98. The summed E-state index contributed by atoms with van der Waals surface area (Å²) in [5.41, 5.74) is 1.67. The van der Waals surface area contributed by atoms with Crippen LogP contribution < -0.4 is 5.32 Å². The predicted molar refractivity (Wildman–Crippen MR) is 83.9 cm³/mol. The maximum Gasteiger partial charge on any atom is 0.102 e. The molecule has 2 nitrogen and oxygen atoms in total. The van der Waals surface area contributed by atoms with E-state index in [1.807, 2.05) is 24.5 Å². The maximum absolute atomic E-state index is 9.35. The molecule has 1 atom stereocenters. The van der Waals surface area contributed by atoms with E-state index < -0.39 is 0 Å². The topological polar surface area (TPSA) is 35.8 Å². The van der Waals surface area contributed by atoms with Crippen molar-refractivity contribution in [3.8, 4) is 6.07 Å². The second kappa shape index (κ2) is 6.65. The number of rotatable bonds is 5. The second-order valence-electron chi connectivity index (χ2n) is 4.12. The van der Waals surface area contributed by atoms with Gasteiger partial charge in [-0.15, -0.1) is 23.1 Å². The molecule has 1 aromatic carbocycles. The summed E-state index contributed by atoms with van der Waals surface area (Å²) >= 11 is 3.35. The minimum atomic E-state index is 0.268. The van der Waals surface area contributed by atoms with E-state index in [4.69, 9.17) is 0 Å². The molecule has 1 N–H and O–H groups in total. The van der Waals surface area contributed by atoms with Gasteiger partial charge in [0.2, 0.25) is 0 Å². The Kier molecular flexibility index (Phi) is 4.89. The minimum absolute atomic E-state index is 0.268. The highest BCUT2D eigenvalue weighted by Gasteiger charge is 2.13. The van der Waals surface area contributed by atoms with Crippen LogP contribution in [0.15, 0.2) is 40.6 Å². The van der Waals surface area contributed by atoms with Gasteiger partial charge in [-0.1, -0.05) is 19.1 Å². The number of hydrogen-bond donors (Lipinski definition) is 1. The van der Waals surface area contributed by atoms with Gasteiger partial charge >= 0.3 is 0 Å². The third-order valence-corrected chi connectivity index (χ3v) is 4.75. The van der Waals surface area contributed by atoms with Crippen LogP contribution in [0.25, 0.3) is 0 Å². The fraction of sp³-hybridized carbons (Fsp3) is 0.267. The first-order valence-corrected chi connectivity index (χ1v) is 8.27. The molecule has 19 heavy (non-hydrogen) atoms. The van der Waals surface area contributed by atoms with E-state index in [-0.39, 0.29) is 6.04 Å². The first-order chi connectivity index (χ1) is 9.30. The molecule has 4 heteroatoms. The molecule has 0 aliphatic carbocycles. The number of benzene rings is 1. The van der Waals surface area contributed by atoms with E-state index in [9.17, 15) is 5.26 Å². The van der Waals surface area contributed by atoms with Crippen LogP contribution in [0.4, 0.5) is 5.69 Å². The highest BCUT2D eigenvalue weighted by molar-refractivity contribution is 7.98. The molecule has 0 bridgehead atoms. The van der Waals surface area contributed by atoms with Crippen molar-refractivity contribution in [3.05, 3.63) is 46.2 Å². The summed E-state index contributed by atoms with van der Waals surface area (Å²) in [5.74, 6) is 0. The quantitative estimate of drug-likeness (QED) is 0.794. The zero-order valence-corrected chi connectivity index (χ0v) is 12.6. The van der Waals surface area contributed by atoms with Crippen molar-refractivity contribution in [1.82, 2.24) is 0 Å². The Bertz CT molecular complexity index is 570. The number of nitriles is 1. The predicted octanol–water partition coefficient (Wildman–Crippen LogP) is 4.90. The van der Waals surface area contributed by atoms with Gasteiger partial charge in [-0.3, -0.25) is 0 Å². The molecular formula is C15H16N2S2. The average molecular weight is 288 g/mol. The van der Waals surface area contributed by atoms with Gasteiger partial charge < -0.3 is 5.32 Å². The van der Waals surface area contributed by atoms with Crippen LogP contribution >= 0.6 is 23.1 Å². The van der Waals surface area contributed by atoms with Crippen molar-refractivity contribution in [1.29, 1.82) is 5.26 Å². The first kappa shape index (κ1) is 14.0. The summed E-state index contributed by atoms with van der Waals surface area (Å²) in [6.45, 7) is 2.15. The Morgan fingerprint density at radius 2 is 2.21 bits per heavy atom. The Morgan fingerprint density at radius 1 is 1.37 bits per heavy atom. The van der Waals surface area contributed by atoms with Crippen LogP contribution in [-0.4, -0.2) is 6.26 Å². The first-order valence-electron chi connectivity index (χ1n) is 6.17. The number of hydrogen-bond acceptors (Lipinski definition) is 4. The third kappa shape index (κ3) is 3.12. The summed E-state index contributed by atoms with van der Waals surface area (Å²) in [7, 11) is 0. The van der Waals surface area contributed by atoms with Gasteiger partial charge in [0.1, 0.15) is 6.07 Å². The summed E-state index contributed by atoms with van der Waals surface area (Å²) in [6.07, 6.45) is 2.99. The monoisotopic (exact) mass is 288 g/mol. The largest absolute Gasteiger partial charge is 0.376 e. The molecule has 1 heterocycles. The van der Waals surface area contributed by atoms with Crippen molar-refractivity contribution in [2.75, 3.05) is 11.6 Å². The van der Waals surface area contributed by atoms with E-state index in [0.717, 1.165) is 22.6 Å². The van der Waals surface area contributed by atoms with Crippen LogP contribution in [0.5, 0.6) is 0 Å². The SMILES string of the molecule is CCC(Nc1cccc(SC)c1C#N)c1cccs1. The van der Waals surface area contributed by atoms with Gasteiger partial charge in [-0.25, -0.2) is 0 Å². The molecule has 0 saturated heterocycles. The van der Waals surface area contributed by atoms with E-state index in [0.29, 0.717) is 0 Å².